The second-order valence-corrected chi connectivity index (χ2v) is 8.30. The monoisotopic (exact) mass is 327 g/mol. The molecule has 0 unspecified atom stereocenters. The molecule has 2 rings (SSSR count). The molecule has 0 bridgehead atoms. The van der Waals surface area contributed by atoms with Crippen LogP contribution in [0.3, 0.4) is 0 Å². The molecule has 0 radical (unpaired) electrons. The highest BCUT2D eigenvalue weighted by Gasteiger charge is 2.23. The topological polar surface area (TPSA) is 74.8 Å². The Morgan fingerprint density at radius 3 is 2.67 bits per heavy atom. The van der Waals surface area contributed by atoms with E-state index in [1.165, 1.54) is 6.20 Å². The maximum atomic E-state index is 12.1. The van der Waals surface area contributed by atoms with Crippen molar-refractivity contribution in [3.05, 3.63) is 39.3 Å². The van der Waals surface area contributed by atoms with E-state index in [2.05, 4.69) is 14.7 Å². The van der Waals surface area contributed by atoms with E-state index in [4.69, 9.17) is 11.6 Å². The number of fused-ring (bicyclic) bond motifs is 1. The SMILES string of the molecule is C[C@H](N[S@@](=O)C(C)(C)C)c1cc2cc(Cl)cnc2[nH]c1=O. The van der Waals surface area contributed by atoms with Crippen molar-refractivity contribution in [1.29, 1.82) is 0 Å². The number of halogens is 1. The Balaban J connectivity index is 2.39. The lowest BCUT2D eigenvalue weighted by molar-refractivity contribution is 0.615. The first-order valence-corrected chi connectivity index (χ1v) is 8.08. The van der Waals surface area contributed by atoms with Crippen molar-refractivity contribution in [1.82, 2.24) is 14.7 Å². The molecule has 0 saturated carbocycles. The Kier molecular flexibility index (Phi) is 4.51. The zero-order valence-corrected chi connectivity index (χ0v) is 13.9. The van der Waals surface area contributed by atoms with Gasteiger partial charge < -0.3 is 4.98 Å². The average molecular weight is 328 g/mol. The summed E-state index contributed by atoms with van der Waals surface area (Å²) in [7, 11) is -1.26. The minimum atomic E-state index is -1.26. The van der Waals surface area contributed by atoms with E-state index in [9.17, 15) is 9.00 Å². The number of rotatable bonds is 3. The Morgan fingerprint density at radius 1 is 1.38 bits per heavy atom. The highest BCUT2D eigenvalue weighted by atomic mass is 35.5. The molecule has 2 aromatic heterocycles. The number of aromatic amines is 1. The third kappa shape index (κ3) is 3.70. The molecule has 114 valence electrons. The first kappa shape index (κ1) is 16.1. The van der Waals surface area contributed by atoms with Crippen molar-refractivity contribution < 1.29 is 4.21 Å². The number of hydrogen-bond donors (Lipinski definition) is 2. The zero-order valence-electron chi connectivity index (χ0n) is 12.4. The second-order valence-electron chi connectivity index (χ2n) is 5.87. The molecule has 0 aromatic carbocycles. The molecule has 2 N–H and O–H groups in total. The predicted molar refractivity (Wildman–Crippen MR) is 86.8 cm³/mol. The minimum Gasteiger partial charge on any atom is -0.306 e. The molecule has 5 nitrogen and oxygen atoms in total. The number of aromatic nitrogens is 2. The van der Waals surface area contributed by atoms with E-state index in [-0.39, 0.29) is 11.6 Å². The van der Waals surface area contributed by atoms with Crippen LogP contribution in [0.5, 0.6) is 0 Å². The van der Waals surface area contributed by atoms with Crippen LogP contribution in [0, 0.1) is 0 Å². The van der Waals surface area contributed by atoms with Crippen LogP contribution in [0.2, 0.25) is 5.02 Å². The van der Waals surface area contributed by atoms with Gasteiger partial charge in [-0.25, -0.2) is 13.9 Å². The molecule has 0 aliphatic rings. The fourth-order valence-corrected chi connectivity index (χ4v) is 2.77. The molecule has 7 heteroatoms. The first-order chi connectivity index (χ1) is 9.68. The third-order valence-electron chi connectivity index (χ3n) is 3.00. The van der Waals surface area contributed by atoms with E-state index in [1.807, 2.05) is 20.8 Å². The Hall–Kier alpha value is -1.24. The van der Waals surface area contributed by atoms with Gasteiger partial charge in [0.05, 0.1) is 20.8 Å². The lowest BCUT2D eigenvalue weighted by atomic mass is 10.1. The van der Waals surface area contributed by atoms with Gasteiger partial charge in [0.2, 0.25) is 0 Å². The van der Waals surface area contributed by atoms with Crippen LogP contribution in [-0.4, -0.2) is 18.9 Å². The fourth-order valence-electron chi connectivity index (χ4n) is 1.80. The highest BCUT2D eigenvalue weighted by molar-refractivity contribution is 7.84. The standard InChI is InChI=1S/C14H18ClN3O2S/c1-8(18-21(20)14(2,3)4)11-6-9-5-10(15)7-16-12(9)17-13(11)19/h5-8,18H,1-4H3,(H,16,17,19)/t8-,21-/m0/s1. The number of hydrogen-bond acceptors (Lipinski definition) is 3. The van der Waals surface area contributed by atoms with E-state index >= 15 is 0 Å². The summed E-state index contributed by atoms with van der Waals surface area (Å²) in [5.41, 5.74) is 0.740. The summed E-state index contributed by atoms with van der Waals surface area (Å²) in [6, 6.07) is 3.11. The number of H-pyrrole nitrogens is 1. The van der Waals surface area contributed by atoms with Crippen molar-refractivity contribution in [3.63, 3.8) is 0 Å². The smallest absolute Gasteiger partial charge is 0.254 e. The summed E-state index contributed by atoms with van der Waals surface area (Å²) in [6.45, 7) is 7.42. The summed E-state index contributed by atoms with van der Waals surface area (Å²) in [5.74, 6) is 0. The van der Waals surface area contributed by atoms with Gasteiger partial charge in [0.25, 0.3) is 5.56 Å². The van der Waals surface area contributed by atoms with Crippen LogP contribution >= 0.6 is 11.6 Å². The van der Waals surface area contributed by atoms with E-state index in [1.54, 1.807) is 19.1 Å². The van der Waals surface area contributed by atoms with Crippen molar-refractivity contribution in [2.24, 2.45) is 0 Å². The molecule has 2 heterocycles. The van der Waals surface area contributed by atoms with Gasteiger partial charge in [0, 0.05) is 23.2 Å². The summed E-state index contributed by atoms with van der Waals surface area (Å²) in [5, 5.41) is 1.24. The summed E-state index contributed by atoms with van der Waals surface area (Å²) >= 11 is 5.92. The minimum absolute atomic E-state index is 0.247. The zero-order chi connectivity index (χ0) is 15.8. The Morgan fingerprint density at radius 2 is 2.05 bits per heavy atom. The van der Waals surface area contributed by atoms with Gasteiger partial charge >= 0.3 is 0 Å². The largest absolute Gasteiger partial charge is 0.306 e. The van der Waals surface area contributed by atoms with Gasteiger partial charge in [-0.3, -0.25) is 4.79 Å². The van der Waals surface area contributed by atoms with Gasteiger partial charge in [-0.05, 0) is 39.8 Å². The molecule has 0 aliphatic carbocycles. The van der Waals surface area contributed by atoms with Crippen LogP contribution in [0.1, 0.15) is 39.3 Å². The lowest BCUT2D eigenvalue weighted by Crippen LogP contribution is -2.36. The molecule has 0 saturated heterocycles. The third-order valence-corrected chi connectivity index (χ3v) is 4.88. The molecule has 0 fully saturated rings. The molecule has 0 aliphatic heterocycles. The van der Waals surface area contributed by atoms with Gasteiger partial charge in [-0.15, -0.1) is 0 Å². The van der Waals surface area contributed by atoms with Crippen LogP contribution in [0.4, 0.5) is 0 Å². The fraction of sp³-hybridized carbons (Fsp3) is 0.429. The Bertz CT molecular complexity index is 752. The molecule has 21 heavy (non-hydrogen) atoms. The van der Waals surface area contributed by atoms with Gasteiger partial charge in [0.1, 0.15) is 5.65 Å². The summed E-state index contributed by atoms with van der Waals surface area (Å²) in [4.78, 5) is 18.9. The van der Waals surface area contributed by atoms with Gasteiger partial charge in [0.15, 0.2) is 0 Å². The molecular formula is C14H18ClN3O2S. The molecule has 0 spiro atoms. The number of nitrogens with zero attached hydrogens (tertiary/aromatic N) is 1. The summed E-state index contributed by atoms with van der Waals surface area (Å²) in [6.07, 6.45) is 1.48. The van der Waals surface area contributed by atoms with E-state index < -0.39 is 15.7 Å². The quantitative estimate of drug-likeness (QED) is 0.910. The maximum Gasteiger partial charge on any atom is 0.254 e. The van der Waals surface area contributed by atoms with Crippen LogP contribution < -0.4 is 10.3 Å². The lowest BCUT2D eigenvalue weighted by Gasteiger charge is -2.21. The maximum absolute atomic E-state index is 12.1. The van der Waals surface area contributed by atoms with E-state index in [0.717, 1.165) is 5.39 Å². The second kappa shape index (κ2) is 5.87. The number of nitrogens with one attached hydrogen (secondary N) is 2. The normalized spacial score (nSPS) is 15.1. The van der Waals surface area contributed by atoms with Crippen molar-refractivity contribution in [2.75, 3.05) is 0 Å². The first-order valence-electron chi connectivity index (χ1n) is 6.55. The van der Waals surface area contributed by atoms with Gasteiger partial charge in [-0.1, -0.05) is 11.6 Å². The molecule has 0 amide bonds. The van der Waals surface area contributed by atoms with Crippen molar-refractivity contribution in [3.8, 4) is 0 Å². The summed E-state index contributed by atoms with van der Waals surface area (Å²) < 4.78 is 14.7. The number of pyridine rings is 2. The van der Waals surface area contributed by atoms with Crippen molar-refractivity contribution in [2.45, 2.75) is 38.5 Å². The molecule has 2 aromatic rings. The van der Waals surface area contributed by atoms with Crippen LogP contribution in [-0.2, 0) is 11.0 Å². The predicted octanol–water partition coefficient (Wildman–Crippen LogP) is 2.69. The average Bonchev–Trinajstić information content (AvgIpc) is 2.37. The van der Waals surface area contributed by atoms with Crippen LogP contribution in [0.25, 0.3) is 11.0 Å². The Labute approximate surface area is 130 Å². The van der Waals surface area contributed by atoms with Crippen molar-refractivity contribution >= 4 is 33.6 Å². The van der Waals surface area contributed by atoms with Gasteiger partial charge in [-0.2, -0.15) is 0 Å². The molecular weight excluding hydrogens is 310 g/mol. The highest BCUT2D eigenvalue weighted by Crippen LogP contribution is 2.19. The van der Waals surface area contributed by atoms with E-state index in [0.29, 0.717) is 16.2 Å². The van der Waals surface area contributed by atoms with Crippen LogP contribution in [0.15, 0.2) is 23.1 Å². The molecule has 2 atom stereocenters.